The summed E-state index contributed by atoms with van der Waals surface area (Å²) >= 11 is 5.94. The van der Waals surface area contributed by atoms with Crippen LogP contribution in [-0.4, -0.2) is 11.9 Å². The normalized spacial score (nSPS) is 10.6. The summed E-state index contributed by atoms with van der Waals surface area (Å²) in [5, 5.41) is 9.51. The van der Waals surface area contributed by atoms with Gasteiger partial charge in [0, 0.05) is 23.7 Å². The zero-order chi connectivity index (χ0) is 14.5. The van der Waals surface area contributed by atoms with Gasteiger partial charge in [-0.3, -0.25) is 4.90 Å². The third-order valence-electron chi connectivity index (χ3n) is 2.98. The Morgan fingerprint density at radius 2 is 1.95 bits per heavy atom. The second-order valence-electron chi connectivity index (χ2n) is 4.69. The molecule has 0 fully saturated rings. The molecule has 0 aromatic heterocycles. The summed E-state index contributed by atoms with van der Waals surface area (Å²) in [6.45, 7) is 1.10. The van der Waals surface area contributed by atoms with Crippen molar-refractivity contribution in [1.29, 1.82) is 5.26 Å². The molecule has 0 aliphatic rings. The van der Waals surface area contributed by atoms with E-state index < -0.39 is 5.82 Å². The predicted molar refractivity (Wildman–Crippen MR) is 77.7 cm³/mol. The van der Waals surface area contributed by atoms with Gasteiger partial charge in [0.1, 0.15) is 11.9 Å². The van der Waals surface area contributed by atoms with Crippen LogP contribution in [0.3, 0.4) is 0 Å². The molecule has 102 valence electrons. The van der Waals surface area contributed by atoms with E-state index >= 15 is 0 Å². The molecule has 2 aromatic rings. The standard InChI is InChI=1S/C16H14ClFN2/c1-20(10-12-4-2-7-15(17)8-12)11-14-6-3-5-13(9-19)16(14)18/h2-8H,10-11H2,1H3. The lowest BCUT2D eigenvalue weighted by molar-refractivity contribution is 0.313. The third kappa shape index (κ3) is 3.57. The fraction of sp³-hybridized carbons (Fsp3) is 0.188. The predicted octanol–water partition coefficient (Wildman–Crippen LogP) is 3.98. The summed E-state index contributed by atoms with van der Waals surface area (Å²) in [4.78, 5) is 1.98. The lowest BCUT2D eigenvalue weighted by Crippen LogP contribution is -2.18. The highest BCUT2D eigenvalue weighted by atomic mass is 35.5. The molecular formula is C16H14ClFN2. The zero-order valence-electron chi connectivity index (χ0n) is 11.1. The van der Waals surface area contributed by atoms with Crippen molar-refractivity contribution in [3.8, 4) is 6.07 Å². The first-order valence-corrected chi connectivity index (χ1v) is 6.58. The Bertz CT molecular complexity index is 649. The third-order valence-corrected chi connectivity index (χ3v) is 3.22. The molecule has 0 aliphatic carbocycles. The molecule has 2 nitrogen and oxygen atoms in total. The molecule has 0 heterocycles. The van der Waals surface area contributed by atoms with Gasteiger partial charge in [-0.05, 0) is 30.8 Å². The second kappa shape index (κ2) is 6.51. The average molecular weight is 289 g/mol. The molecule has 2 rings (SSSR count). The van der Waals surface area contributed by atoms with Crippen molar-refractivity contribution < 1.29 is 4.39 Å². The SMILES string of the molecule is CN(Cc1cccc(Cl)c1)Cc1cccc(C#N)c1F. The molecule has 0 spiro atoms. The van der Waals surface area contributed by atoms with Crippen LogP contribution in [0.15, 0.2) is 42.5 Å². The van der Waals surface area contributed by atoms with Crippen molar-refractivity contribution in [2.45, 2.75) is 13.1 Å². The average Bonchev–Trinajstić information content (AvgIpc) is 2.41. The lowest BCUT2D eigenvalue weighted by Gasteiger charge is -2.17. The van der Waals surface area contributed by atoms with Crippen molar-refractivity contribution >= 4 is 11.6 Å². The van der Waals surface area contributed by atoms with E-state index in [1.165, 1.54) is 6.07 Å². The lowest BCUT2D eigenvalue weighted by atomic mass is 10.1. The van der Waals surface area contributed by atoms with E-state index in [1.54, 1.807) is 12.1 Å². The molecule has 0 saturated carbocycles. The topological polar surface area (TPSA) is 27.0 Å². The summed E-state index contributed by atoms with van der Waals surface area (Å²) < 4.78 is 14.0. The van der Waals surface area contributed by atoms with E-state index in [4.69, 9.17) is 16.9 Å². The van der Waals surface area contributed by atoms with Crippen LogP contribution in [0.1, 0.15) is 16.7 Å². The maximum absolute atomic E-state index is 14.0. The van der Waals surface area contributed by atoms with Gasteiger partial charge >= 0.3 is 0 Å². The maximum atomic E-state index is 14.0. The van der Waals surface area contributed by atoms with Gasteiger partial charge in [0.15, 0.2) is 0 Å². The van der Waals surface area contributed by atoms with Crippen LogP contribution in [0.2, 0.25) is 5.02 Å². The molecule has 0 amide bonds. The summed E-state index contributed by atoms with van der Waals surface area (Å²) in [5.41, 5.74) is 1.67. The number of rotatable bonds is 4. The minimum Gasteiger partial charge on any atom is -0.298 e. The van der Waals surface area contributed by atoms with Gasteiger partial charge in [0.05, 0.1) is 5.56 Å². The highest BCUT2D eigenvalue weighted by molar-refractivity contribution is 6.30. The van der Waals surface area contributed by atoms with Crippen LogP contribution in [0, 0.1) is 17.1 Å². The number of halogens is 2. The van der Waals surface area contributed by atoms with Crippen molar-refractivity contribution in [2.24, 2.45) is 0 Å². The second-order valence-corrected chi connectivity index (χ2v) is 5.13. The van der Waals surface area contributed by atoms with E-state index in [-0.39, 0.29) is 5.56 Å². The van der Waals surface area contributed by atoms with E-state index in [0.29, 0.717) is 23.7 Å². The molecule has 0 radical (unpaired) electrons. The molecule has 20 heavy (non-hydrogen) atoms. The molecule has 0 atom stereocenters. The molecule has 0 unspecified atom stereocenters. The molecule has 2 aromatic carbocycles. The Labute approximate surface area is 123 Å². The number of benzene rings is 2. The summed E-state index contributed by atoms with van der Waals surface area (Å²) in [7, 11) is 1.90. The minimum atomic E-state index is -0.437. The van der Waals surface area contributed by atoms with Gasteiger partial charge in [-0.1, -0.05) is 35.9 Å². The Kier molecular flexibility index (Phi) is 4.73. The van der Waals surface area contributed by atoms with Crippen LogP contribution in [0.4, 0.5) is 4.39 Å². The van der Waals surface area contributed by atoms with Crippen molar-refractivity contribution in [3.63, 3.8) is 0 Å². The number of hydrogen-bond donors (Lipinski definition) is 0. The van der Waals surface area contributed by atoms with E-state index in [0.717, 1.165) is 5.56 Å². The zero-order valence-corrected chi connectivity index (χ0v) is 11.9. The summed E-state index contributed by atoms with van der Waals surface area (Å²) in [6.07, 6.45) is 0. The van der Waals surface area contributed by atoms with Gasteiger partial charge in [-0.25, -0.2) is 4.39 Å². The monoisotopic (exact) mass is 288 g/mol. The van der Waals surface area contributed by atoms with Crippen molar-refractivity contribution in [3.05, 3.63) is 70.0 Å². The Morgan fingerprint density at radius 1 is 1.20 bits per heavy atom. The summed E-state index contributed by atoms with van der Waals surface area (Å²) in [6, 6.07) is 14.3. The molecule has 0 N–H and O–H groups in total. The first-order valence-electron chi connectivity index (χ1n) is 6.20. The first kappa shape index (κ1) is 14.5. The maximum Gasteiger partial charge on any atom is 0.145 e. The molecule has 4 heteroatoms. The fourth-order valence-electron chi connectivity index (χ4n) is 2.08. The Morgan fingerprint density at radius 3 is 2.65 bits per heavy atom. The Balaban J connectivity index is 2.09. The van der Waals surface area contributed by atoms with Gasteiger partial charge < -0.3 is 0 Å². The largest absolute Gasteiger partial charge is 0.298 e. The van der Waals surface area contributed by atoms with Gasteiger partial charge in [-0.15, -0.1) is 0 Å². The number of nitrogens with zero attached hydrogens (tertiary/aromatic N) is 2. The quantitative estimate of drug-likeness (QED) is 0.851. The molecule has 0 aliphatic heterocycles. The number of nitriles is 1. The van der Waals surface area contributed by atoms with Crippen LogP contribution in [0.5, 0.6) is 0 Å². The van der Waals surface area contributed by atoms with Crippen LogP contribution < -0.4 is 0 Å². The smallest absolute Gasteiger partial charge is 0.145 e. The Hall–Kier alpha value is -1.89. The van der Waals surface area contributed by atoms with Gasteiger partial charge in [0.2, 0.25) is 0 Å². The van der Waals surface area contributed by atoms with E-state index in [9.17, 15) is 4.39 Å². The van der Waals surface area contributed by atoms with Gasteiger partial charge in [0.25, 0.3) is 0 Å². The number of hydrogen-bond acceptors (Lipinski definition) is 2. The van der Waals surface area contributed by atoms with E-state index in [2.05, 4.69) is 0 Å². The van der Waals surface area contributed by atoms with Crippen molar-refractivity contribution in [1.82, 2.24) is 4.90 Å². The summed E-state index contributed by atoms with van der Waals surface area (Å²) in [5.74, 6) is -0.437. The van der Waals surface area contributed by atoms with E-state index in [1.807, 2.05) is 42.3 Å². The van der Waals surface area contributed by atoms with Gasteiger partial charge in [-0.2, -0.15) is 5.26 Å². The van der Waals surface area contributed by atoms with Crippen LogP contribution in [-0.2, 0) is 13.1 Å². The van der Waals surface area contributed by atoms with Crippen LogP contribution in [0.25, 0.3) is 0 Å². The van der Waals surface area contributed by atoms with Crippen molar-refractivity contribution in [2.75, 3.05) is 7.05 Å². The van der Waals surface area contributed by atoms with Crippen LogP contribution >= 0.6 is 11.6 Å². The first-order chi connectivity index (χ1) is 9.60. The molecular weight excluding hydrogens is 275 g/mol. The molecule has 0 bridgehead atoms. The fourth-order valence-corrected chi connectivity index (χ4v) is 2.29. The molecule has 0 saturated heterocycles. The minimum absolute atomic E-state index is 0.0821. The highest BCUT2D eigenvalue weighted by Crippen LogP contribution is 2.16. The highest BCUT2D eigenvalue weighted by Gasteiger charge is 2.10.